The Morgan fingerprint density at radius 2 is 2.23 bits per heavy atom. The largest absolute Gasteiger partial charge is 0.479 e. The summed E-state index contributed by atoms with van der Waals surface area (Å²) in [6.45, 7) is 1.63. The number of carboxylic acids is 1. The number of carbonyl (C=O) groups is 2. The molecule has 0 aromatic rings. The van der Waals surface area contributed by atoms with Gasteiger partial charge in [-0.3, -0.25) is 4.79 Å². The van der Waals surface area contributed by atoms with E-state index in [0.29, 0.717) is 13.0 Å². The van der Waals surface area contributed by atoms with E-state index in [1.54, 1.807) is 6.07 Å². The van der Waals surface area contributed by atoms with Gasteiger partial charge in [0.15, 0.2) is 0 Å². The number of hydrogen-bond acceptors (Lipinski definition) is 3. The molecular formula is C8H10N2O3. The lowest BCUT2D eigenvalue weighted by atomic mass is 9.98. The molecule has 0 aromatic heterocycles. The fourth-order valence-electron chi connectivity index (χ4n) is 1.63. The van der Waals surface area contributed by atoms with E-state index in [-0.39, 0.29) is 12.3 Å². The lowest BCUT2D eigenvalue weighted by molar-refractivity contribution is -0.151. The van der Waals surface area contributed by atoms with Gasteiger partial charge in [-0.25, -0.2) is 4.79 Å². The topological polar surface area (TPSA) is 81.4 Å². The molecule has 5 nitrogen and oxygen atoms in total. The van der Waals surface area contributed by atoms with Crippen LogP contribution in [0.4, 0.5) is 0 Å². The molecule has 1 heterocycles. The van der Waals surface area contributed by atoms with Crippen molar-refractivity contribution in [2.45, 2.75) is 25.3 Å². The van der Waals surface area contributed by atoms with Crippen LogP contribution < -0.4 is 0 Å². The Morgan fingerprint density at radius 1 is 1.62 bits per heavy atom. The lowest BCUT2D eigenvalue weighted by Gasteiger charge is -2.26. The van der Waals surface area contributed by atoms with Crippen LogP contribution in [-0.2, 0) is 9.59 Å². The molecule has 0 unspecified atom stereocenters. The summed E-state index contributed by atoms with van der Waals surface area (Å²) in [6, 6.07) is 1.71. The number of nitrogens with zero attached hydrogens (tertiary/aromatic N) is 2. The molecule has 0 radical (unpaired) electrons. The van der Waals surface area contributed by atoms with E-state index in [2.05, 4.69) is 0 Å². The Kier molecular flexibility index (Phi) is 2.24. The van der Waals surface area contributed by atoms with E-state index in [9.17, 15) is 9.59 Å². The van der Waals surface area contributed by atoms with Crippen LogP contribution in [0.2, 0.25) is 0 Å². The summed E-state index contributed by atoms with van der Waals surface area (Å²) >= 11 is 0. The van der Waals surface area contributed by atoms with E-state index in [1.165, 1.54) is 6.92 Å². The number of carbonyl (C=O) groups excluding carboxylic acids is 1. The van der Waals surface area contributed by atoms with Crippen LogP contribution in [0.15, 0.2) is 0 Å². The minimum absolute atomic E-state index is 0.221. The van der Waals surface area contributed by atoms with Crippen LogP contribution in [0.3, 0.4) is 0 Å². The van der Waals surface area contributed by atoms with Crippen LogP contribution in [0, 0.1) is 11.3 Å². The molecule has 70 valence electrons. The quantitative estimate of drug-likeness (QED) is 0.617. The van der Waals surface area contributed by atoms with E-state index in [0.717, 1.165) is 4.90 Å². The summed E-state index contributed by atoms with van der Waals surface area (Å²) in [5, 5.41) is 17.6. The molecule has 1 saturated heterocycles. The van der Waals surface area contributed by atoms with Gasteiger partial charge in [0.25, 0.3) is 0 Å². The number of hydrogen-bond donors (Lipinski definition) is 1. The molecule has 0 spiro atoms. The minimum Gasteiger partial charge on any atom is -0.479 e. The van der Waals surface area contributed by atoms with Crippen LogP contribution in [0.25, 0.3) is 0 Å². The maximum atomic E-state index is 11.0. The van der Waals surface area contributed by atoms with Gasteiger partial charge in [-0.2, -0.15) is 5.26 Å². The van der Waals surface area contributed by atoms with E-state index < -0.39 is 11.5 Å². The molecule has 5 heteroatoms. The maximum Gasteiger partial charge on any atom is 0.344 e. The van der Waals surface area contributed by atoms with Crippen LogP contribution in [0.5, 0.6) is 0 Å². The molecule has 1 fully saturated rings. The van der Waals surface area contributed by atoms with Crippen molar-refractivity contribution >= 4 is 11.9 Å². The number of rotatable bonds is 1. The third kappa shape index (κ3) is 1.24. The average molecular weight is 182 g/mol. The van der Waals surface area contributed by atoms with Gasteiger partial charge in [0.1, 0.15) is 6.07 Å². The summed E-state index contributed by atoms with van der Waals surface area (Å²) in [6.07, 6.45) is 0.790. The van der Waals surface area contributed by atoms with E-state index >= 15 is 0 Å². The zero-order chi connectivity index (χ0) is 10.1. The lowest BCUT2D eigenvalue weighted by Crippen LogP contribution is -2.51. The highest BCUT2D eigenvalue weighted by Gasteiger charge is 2.49. The Balaban J connectivity index is 3.06. The second-order valence-corrected chi connectivity index (χ2v) is 3.05. The molecule has 0 aliphatic carbocycles. The first-order valence-electron chi connectivity index (χ1n) is 3.97. The number of likely N-dealkylation sites (tertiary alicyclic amines) is 1. The Hall–Kier alpha value is -1.57. The third-order valence-electron chi connectivity index (χ3n) is 2.30. The average Bonchev–Trinajstić information content (AvgIpc) is 2.48. The second-order valence-electron chi connectivity index (χ2n) is 3.05. The van der Waals surface area contributed by atoms with Crippen molar-refractivity contribution in [3.05, 3.63) is 0 Å². The molecule has 0 aromatic carbocycles. The minimum atomic E-state index is -1.62. The molecule has 0 bridgehead atoms. The highest BCUT2D eigenvalue weighted by molar-refractivity contribution is 5.89. The van der Waals surface area contributed by atoms with Gasteiger partial charge in [0.05, 0.1) is 0 Å². The summed E-state index contributed by atoms with van der Waals surface area (Å²) in [7, 11) is 0. The molecule has 1 atom stereocenters. The van der Waals surface area contributed by atoms with Gasteiger partial charge >= 0.3 is 5.97 Å². The molecule has 1 aliphatic heterocycles. The standard InChI is InChI=1S/C8H10N2O3/c1-6(11)10-4-2-3-8(10,5-9)7(12)13/h2-4H2,1H3,(H,12,13)/t8-/m1/s1. The summed E-state index contributed by atoms with van der Waals surface area (Å²) < 4.78 is 0. The first-order valence-corrected chi connectivity index (χ1v) is 3.97. The normalized spacial score (nSPS) is 26.9. The van der Waals surface area contributed by atoms with Gasteiger partial charge in [0, 0.05) is 13.5 Å². The monoisotopic (exact) mass is 182 g/mol. The SMILES string of the molecule is CC(=O)N1CCC[C@@]1(C#N)C(=O)O. The number of nitriles is 1. The summed E-state index contributed by atoms with van der Waals surface area (Å²) in [4.78, 5) is 23.0. The third-order valence-corrected chi connectivity index (χ3v) is 2.30. The first kappa shape index (κ1) is 9.52. The zero-order valence-corrected chi connectivity index (χ0v) is 7.28. The Morgan fingerprint density at radius 3 is 2.54 bits per heavy atom. The van der Waals surface area contributed by atoms with Crippen LogP contribution >= 0.6 is 0 Å². The number of aliphatic carboxylic acids is 1. The van der Waals surface area contributed by atoms with E-state index in [4.69, 9.17) is 10.4 Å². The highest BCUT2D eigenvalue weighted by Crippen LogP contribution is 2.28. The molecule has 13 heavy (non-hydrogen) atoms. The summed E-state index contributed by atoms with van der Waals surface area (Å²) in [5.41, 5.74) is -1.62. The van der Waals surface area contributed by atoms with Gasteiger partial charge < -0.3 is 10.0 Å². The van der Waals surface area contributed by atoms with Crippen molar-refractivity contribution in [2.75, 3.05) is 6.54 Å². The molecule has 1 aliphatic rings. The van der Waals surface area contributed by atoms with Gasteiger partial charge in [0.2, 0.25) is 11.4 Å². The molecule has 1 N–H and O–H groups in total. The van der Waals surface area contributed by atoms with Crippen molar-refractivity contribution in [2.24, 2.45) is 0 Å². The maximum absolute atomic E-state index is 11.0. The fourth-order valence-corrected chi connectivity index (χ4v) is 1.63. The van der Waals surface area contributed by atoms with Crippen molar-refractivity contribution in [1.29, 1.82) is 5.26 Å². The summed E-state index contributed by atoms with van der Waals surface area (Å²) in [5.74, 6) is -1.59. The predicted molar refractivity (Wildman–Crippen MR) is 42.6 cm³/mol. The predicted octanol–water partition coefficient (Wildman–Crippen LogP) is -0.0243. The van der Waals surface area contributed by atoms with Gasteiger partial charge in [-0.1, -0.05) is 0 Å². The number of carboxylic acid groups (broad SMARTS) is 1. The van der Waals surface area contributed by atoms with E-state index in [1.807, 2.05) is 0 Å². The van der Waals surface area contributed by atoms with Crippen LogP contribution in [0.1, 0.15) is 19.8 Å². The van der Waals surface area contributed by atoms with Crippen molar-refractivity contribution in [3.63, 3.8) is 0 Å². The number of amides is 1. The molecule has 1 amide bonds. The zero-order valence-electron chi connectivity index (χ0n) is 7.28. The molecule has 1 rings (SSSR count). The van der Waals surface area contributed by atoms with Crippen molar-refractivity contribution in [1.82, 2.24) is 4.90 Å². The van der Waals surface area contributed by atoms with Crippen LogP contribution in [-0.4, -0.2) is 34.0 Å². The fraction of sp³-hybridized carbons (Fsp3) is 0.625. The highest BCUT2D eigenvalue weighted by atomic mass is 16.4. The second kappa shape index (κ2) is 3.05. The molecule has 0 saturated carbocycles. The van der Waals surface area contributed by atoms with Gasteiger partial charge in [-0.05, 0) is 12.8 Å². The van der Waals surface area contributed by atoms with Gasteiger partial charge in [-0.15, -0.1) is 0 Å². The first-order chi connectivity index (χ1) is 6.04. The Bertz CT molecular complexity index is 294. The smallest absolute Gasteiger partial charge is 0.344 e. The Labute approximate surface area is 75.6 Å². The van der Waals surface area contributed by atoms with Crippen molar-refractivity contribution in [3.8, 4) is 6.07 Å². The van der Waals surface area contributed by atoms with Crippen molar-refractivity contribution < 1.29 is 14.7 Å². The molecular weight excluding hydrogens is 172 g/mol.